The molecule has 0 radical (unpaired) electrons. The molecule has 0 aliphatic carbocycles. The van der Waals surface area contributed by atoms with Gasteiger partial charge in [-0.2, -0.15) is 0 Å². The van der Waals surface area contributed by atoms with Gasteiger partial charge >= 0.3 is 0 Å². The van der Waals surface area contributed by atoms with Crippen LogP contribution >= 0.6 is 0 Å². The van der Waals surface area contributed by atoms with E-state index in [4.69, 9.17) is 0 Å². The van der Waals surface area contributed by atoms with Gasteiger partial charge in [-0.15, -0.1) is 0 Å². The highest BCUT2D eigenvalue weighted by Gasteiger charge is 2.36. The smallest absolute Gasteiger partial charge is 0.254 e. The molecule has 1 heterocycles. The molecule has 0 saturated heterocycles. The first-order valence-electron chi connectivity index (χ1n) is 9.01. The van der Waals surface area contributed by atoms with Crippen LogP contribution in [-0.4, -0.2) is 28.3 Å². The Balaban J connectivity index is 1.96. The molecule has 1 atom stereocenters. The number of carbonyl (C=O) groups excluding carboxylic acids is 2. The third-order valence-corrected chi connectivity index (χ3v) is 4.58. The molecule has 0 fully saturated rings. The topological polar surface area (TPSA) is 49.4 Å². The number of nitrogens with one attached hydrogen (secondary N) is 1. The van der Waals surface area contributed by atoms with Crippen molar-refractivity contribution in [2.45, 2.75) is 52.2 Å². The van der Waals surface area contributed by atoms with Crippen molar-refractivity contribution >= 4 is 11.8 Å². The van der Waals surface area contributed by atoms with Crippen molar-refractivity contribution in [1.29, 1.82) is 0 Å². The molecule has 4 heteroatoms. The van der Waals surface area contributed by atoms with E-state index in [1.54, 1.807) is 4.90 Å². The first kappa shape index (κ1) is 18.2. The largest absolute Gasteiger partial charge is 0.350 e. The number of rotatable bonds is 2. The summed E-state index contributed by atoms with van der Waals surface area (Å²) in [7, 11) is 0. The maximum atomic E-state index is 13.2. The van der Waals surface area contributed by atoms with Crippen molar-refractivity contribution in [3.63, 3.8) is 0 Å². The molecule has 0 saturated carbocycles. The van der Waals surface area contributed by atoms with Crippen LogP contribution in [-0.2, 0) is 17.8 Å². The van der Waals surface area contributed by atoms with Crippen LogP contribution in [0.1, 0.15) is 47.8 Å². The molecular weight excluding hydrogens is 324 g/mol. The van der Waals surface area contributed by atoms with Gasteiger partial charge in [-0.3, -0.25) is 9.59 Å². The van der Waals surface area contributed by atoms with Crippen molar-refractivity contribution in [2.75, 3.05) is 0 Å². The maximum Gasteiger partial charge on any atom is 0.254 e. The molecule has 136 valence electrons. The number of hydrogen-bond donors (Lipinski definition) is 1. The number of amides is 2. The van der Waals surface area contributed by atoms with Gasteiger partial charge in [-0.25, -0.2) is 0 Å². The second-order valence-corrected chi connectivity index (χ2v) is 8.03. The summed E-state index contributed by atoms with van der Waals surface area (Å²) in [4.78, 5) is 27.8. The Labute approximate surface area is 155 Å². The second-order valence-electron chi connectivity index (χ2n) is 8.03. The quantitative estimate of drug-likeness (QED) is 0.901. The van der Waals surface area contributed by atoms with Crippen LogP contribution in [0, 0.1) is 6.92 Å². The molecule has 0 spiro atoms. The van der Waals surface area contributed by atoms with Gasteiger partial charge in [0.05, 0.1) is 0 Å². The van der Waals surface area contributed by atoms with E-state index in [9.17, 15) is 9.59 Å². The number of carbonyl (C=O) groups is 2. The second kappa shape index (κ2) is 6.94. The third kappa shape index (κ3) is 3.96. The van der Waals surface area contributed by atoms with E-state index in [0.717, 1.165) is 16.7 Å². The minimum Gasteiger partial charge on any atom is -0.350 e. The van der Waals surface area contributed by atoms with Gasteiger partial charge in [-0.1, -0.05) is 42.0 Å². The van der Waals surface area contributed by atoms with Gasteiger partial charge in [0.25, 0.3) is 5.91 Å². The third-order valence-electron chi connectivity index (χ3n) is 4.58. The SMILES string of the molecule is Cc1cccc(C(=O)N2Cc3ccccc3CC2C(=O)NC(C)(C)C)c1. The van der Waals surface area contributed by atoms with Crippen molar-refractivity contribution < 1.29 is 9.59 Å². The Hall–Kier alpha value is -2.62. The molecular formula is C22H26N2O2. The van der Waals surface area contributed by atoms with E-state index in [0.29, 0.717) is 18.5 Å². The fraction of sp³-hybridized carbons (Fsp3) is 0.364. The molecule has 26 heavy (non-hydrogen) atoms. The molecule has 1 unspecified atom stereocenters. The van der Waals surface area contributed by atoms with Gasteiger partial charge in [-0.05, 0) is 51.0 Å². The molecule has 1 aliphatic heterocycles. The summed E-state index contributed by atoms with van der Waals surface area (Å²) in [5.74, 6) is -0.203. The summed E-state index contributed by atoms with van der Waals surface area (Å²) in [6.07, 6.45) is 0.537. The van der Waals surface area contributed by atoms with Crippen LogP contribution in [0.5, 0.6) is 0 Å². The molecule has 0 bridgehead atoms. The van der Waals surface area contributed by atoms with Gasteiger partial charge in [0, 0.05) is 24.1 Å². The zero-order chi connectivity index (χ0) is 18.9. The molecule has 3 rings (SSSR count). The van der Waals surface area contributed by atoms with Gasteiger partial charge < -0.3 is 10.2 Å². The van der Waals surface area contributed by atoms with Crippen LogP contribution in [0.15, 0.2) is 48.5 Å². The Morgan fingerprint density at radius 1 is 1.04 bits per heavy atom. The highest BCUT2D eigenvalue weighted by molar-refractivity contribution is 5.98. The van der Waals surface area contributed by atoms with E-state index in [1.165, 1.54) is 0 Å². The lowest BCUT2D eigenvalue weighted by Gasteiger charge is -2.37. The number of hydrogen-bond acceptors (Lipinski definition) is 2. The van der Waals surface area contributed by atoms with E-state index < -0.39 is 6.04 Å². The van der Waals surface area contributed by atoms with Crippen molar-refractivity contribution in [1.82, 2.24) is 10.2 Å². The highest BCUT2D eigenvalue weighted by Crippen LogP contribution is 2.26. The summed E-state index contributed by atoms with van der Waals surface area (Å²) in [6, 6.07) is 15.1. The monoisotopic (exact) mass is 350 g/mol. The van der Waals surface area contributed by atoms with E-state index in [2.05, 4.69) is 5.32 Å². The average Bonchev–Trinajstić information content (AvgIpc) is 2.58. The Morgan fingerprint density at radius 3 is 2.38 bits per heavy atom. The normalized spacial score (nSPS) is 16.8. The van der Waals surface area contributed by atoms with E-state index in [-0.39, 0.29) is 17.4 Å². The van der Waals surface area contributed by atoms with Crippen LogP contribution in [0.25, 0.3) is 0 Å². The van der Waals surface area contributed by atoms with Crippen LogP contribution < -0.4 is 5.32 Å². The van der Waals surface area contributed by atoms with Crippen molar-refractivity contribution in [3.05, 3.63) is 70.8 Å². The van der Waals surface area contributed by atoms with E-state index >= 15 is 0 Å². The molecule has 4 nitrogen and oxygen atoms in total. The molecule has 2 amide bonds. The van der Waals surface area contributed by atoms with Crippen molar-refractivity contribution in [3.8, 4) is 0 Å². The zero-order valence-corrected chi connectivity index (χ0v) is 15.9. The molecule has 1 N–H and O–H groups in total. The standard InChI is InChI=1S/C22H26N2O2/c1-15-8-7-11-17(12-15)21(26)24-14-18-10-6-5-9-16(18)13-19(24)20(25)23-22(2,3)4/h5-12,19H,13-14H2,1-4H3,(H,23,25). The lowest BCUT2D eigenvalue weighted by molar-refractivity contribution is -0.127. The molecule has 0 aromatic heterocycles. The lowest BCUT2D eigenvalue weighted by atomic mass is 9.92. The summed E-state index contributed by atoms with van der Waals surface area (Å²) in [5, 5.41) is 3.03. The van der Waals surface area contributed by atoms with Crippen LogP contribution in [0.3, 0.4) is 0 Å². The lowest BCUT2D eigenvalue weighted by Crippen LogP contribution is -2.56. The number of nitrogens with zero attached hydrogens (tertiary/aromatic N) is 1. The molecule has 2 aromatic carbocycles. The number of fused-ring (bicyclic) bond motifs is 1. The summed E-state index contributed by atoms with van der Waals surface area (Å²) >= 11 is 0. The predicted molar refractivity (Wildman–Crippen MR) is 103 cm³/mol. The highest BCUT2D eigenvalue weighted by atomic mass is 16.2. The minimum absolute atomic E-state index is 0.0998. The van der Waals surface area contributed by atoms with Crippen LogP contribution in [0.4, 0.5) is 0 Å². The first-order chi connectivity index (χ1) is 12.2. The van der Waals surface area contributed by atoms with E-state index in [1.807, 2.05) is 76.2 Å². The molecule has 2 aromatic rings. The Morgan fingerprint density at radius 2 is 1.73 bits per heavy atom. The molecule has 1 aliphatic rings. The maximum absolute atomic E-state index is 13.2. The predicted octanol–water partition coefficient (Wildman–Crippen LogP) is 3.48. The van der Waals surface area contributed by atoms with Gasteiger partial charge in [0.2, 0.25) is 5.91 Å². The fourth-order valence-corrected chi connectivity index (χ4v) is 3.37. The Bertz CT molecular complexity index is 836. The van der Waals surface area contributed by atoms with Crippen LogP contribution in [0.2, 0.25) is 0 Å². The van der Waals surface area contributed by atoms with Gasteiger partial charge in [0.15, 0.2) is 0 Å². The average molecular weight is 350 g/mol. The number of aryl methyl sites for hydroxylation is 1. The summed E-state index contributed by atoms with van der Waals surface area (Å²) < 4.78 is 0. The fourth-order valence-electron chi connectivity index (χ4n) is 3.37. The minimum atomic E-state index is -0.503. The van der Waals surface area contributed by atoms with Gasteiger partial charge in [0.1, 0.15) is 6.04 Å². The zero-order valence-electron chi connectivity index (χ0n) is 15.9. The first-order valence-corrected chi connectivity index (χ1v) is 9.01. The summed E-state index contributed by atoms with van der Waals surface area (Å²) in [6.45, 7) is 8.27. The Kier molecular flexibility index (Phi) is 4.86. The van der Waals surface area contributed by atoms with Crippen molar-refractivity contribution in [2.24, 2.45) is 0 Å². The number of benzene rings is 2. The summed E-state index contributed by atoms with van der Waals surface area (Å²) in [5.41, 5.74) is 3.55.